The van der Waals surface area contributed by atoms with Crippen LogP contribution in [0.4, 0.5) is 11.4 Å². The Kier molecular flexibility index (Phi) is 4.83. The first kappa shape index (κ1) is 17.1. The summed E-state index contributed by atoms with van der Waals surface area (Å²) >= 11 is 5.85. The standard InChI is InChI=1S/C18H16ClN3O3/c1-11-9-15(14-3-2-4-16(22(24)25)18(14)21-11)20-10-17(23)12-5-7-13(19)8-6-12/h2-9,17,23H,10H2,1H3,(H,20,21). The molecule has 6 nitrogen and oxygen atoms in total. The quantitative estimate of drug-likeness (QED) is 0.526. The zero-order valence-corrected chi connectivity index (χ0v) is 14.2. The van der Waals surface area contributed by atoms with Crippen LogP contribution in [0, 0.1) is 17.0 Å². The molecule has 0 saturated heterocycles. The number of hydrogen-bond donors (Lipinski definition) is 2. The minimum absolute atomic E-state index is 0.0394. The van der Waals surface area contributed by atoms with Crippen LogP contribution in [0.15, 0.2) is 48.5 Å². The molecule has 0 radical (unpaired) electrons. The third-order valence-electron chi connectivity index (χ3n) is 3.88. The maximum Gasteiger partial charge on any atom is 0.295 e. The highest BCUT2D eigenvalue weighted by molar-refractivity contribution is 6.30. The minimum atomic E-state index is -0.737. The van der Waals surface area contributed by atoms with E-state index < -0.39 is 11.0 Å². The number of aromatic nitrogens is 1. The van der Waals surface area contributed by atoms with Gasteiger partial charge in [-0.2, -0.15) is 0 Å². The fourth-order valence-electron chi connectivity index (χ4n) is 2.66. The first-order valence-corrected chi connectivity index (χ1v) is 8.05. The van der Waals surface area contributed by atoms with Crippen molar-refractivity contribution < 1.29 is 10.0 Å². The number of nitro groups is 1. The molecular weight excluding hydrogens is 342 g/mol. The number of aliphatic hydroxyl groups is 1. The van der Waals surface area contributed by atoms with Gasteiger partial charge in [0.1, 0.15) is 0 Å². The van der Waals surface area contributed by atoms with Gasteiger partial charge in [-0.25, -0.2) is 4.98 Å². The number of hydrogen-bond acceptors (Lipinski definition) is 5. The molecule has 0 spiro atoms. The highest BCUT2D eigenvalue weighted by Gasteiger charge is 2.16. The summed E-state index contributed by atoms with van der Waals surface area (Å²) < 4.78 is 0. The van der Waals surface area contributed by atoms with Crippen molar-refractivity contribution in [2.75, 3.05) is 11.9 Å². The molecule has 0 saturated carbocycles. The van der Waals surface area contributed by atoms with Gasteiger partial charge in [-0.3, -0.25) is 10.1 Å². The molecule has 0 aliphatic rings. The zero-order chi connectivity index (χ0) is 18.0. The van der Waals surface area contributed by atoms with Gasteiger partial charge in [0.2, 0.25) is 0 Å². The van der Waals surface area contributed by atoms with Gasteiger partial charge in [0.05, 0.1) is 11.0 Å². The lowest BCUT2D eigenvalue weighted by molar-refractivity contribution is -0.383. The number of halogens is 1. The maximum atomic E-state index is 11.2. The predicted molar refractivity (Wildman–Crippen MR) is 98.0 cm³/mol. The molecule has 3 aromatic rings. The van der Waals surface area contributed by atoms with E-state index in [0.717, 1.165) is 5.56 Å². The minimum Gasteiger partial charge on any atom is -0.387 e. The second-order valence-electron chi connectivity index (χ2n) is 5.69. The molecule has 128 valence electrons. The second-order valence-corrected chi connectivity index (χ2v) is 6.13. The van der Waals surface area contributed by atoms with E-state index in [1.54, 1.807) is 49.4 Å². The Bertz CT molecular complexity index is 929. The third kappa shape index (κ3) is 3.70. The number of anilines is 1. The average molecular weight is 358 g/mol. The first-order valence-electron chi connectivity index (χ1n) is 7.68. The lowest BCUT2D eigenvalue weighted by Gasteiger charge is -2.15. The molecule has 0 aliphatic heterocycles. The third-order valence-corrected chi connectivity index (χ3v) is 4.14. The van der Waals surface area contributed by atoms with Crippen LogP contribution >= 0.6 is 11.6 Å². The number of pyridine rings is 1. The summed E-state index contributed by atoms with van der Waals surface area (Å²) in [4.78, 5) is 15.1. The van der Waals surface area contributed by atoms with Crippen LogP contribution in [0.1, 0.15) is 17.4 Å². The molecular formula is C18H16ClN3O3. The van der Waals surface area contributed by atoms with Crippen LogP contribution < -0.4 is 5.32 Å². The number of aliphatic hydroxyl groups excluding tert-OH is 1. The van der Waals surface area contributed by atoms with Crippen LogP contribution in [-0.2, 0) is 0 Å². The molecule has 3 rings (SSSR count). The summed E-state index contributed by atoms with van der Waals surface area (Å²) in [6, 6.07) is 13.6. The Labute approximate surface area is 149 Å². The van der Waals surface area contributed by atoms with E-state index in [9.17, 15) is 15.2 Å². The number of benzene rings is 2. The summed E-state index contributed by atoms with van der Waals surface area (Å²) in [5.41, 5.74) is 2.38. The van der Waals surface area contributed by atoms with Crippen molar-refractivity contribution in [3.63, 3.8) is 0 Å². The van der Waals surface area contributed by atoms with Gasteiger partial charge < -0.3 is 10.4 Å². The summed E-state index contributed by atoms with van der Waals surface area (Å²) in [6.07, 6.45) is -0.737. The van der Waals surface area contributed by atoms with Gasteiger partial charge in [-0.05, 0) is 30.7 Å². The van der Waals surface area contributed by atoms with Crippen LogP contribution in [-0.4, -0.2) is 21.6 Å². The van der Waals surface area contributed by atoms with E-state index in [0.29, 0.717) is 27.3 Å². The van der Waals surface area contributed by atoms with Gasteiger partial charge in [0.25, 0.3) is 5.69 Å². The zero-order valence-electron chi connectivity index (χ0n) is 13.4. The van der Waals surface area contributed by atoms with Gasteiger partial charge >= 0.3 is 0 Å². The molecule has 0 aliphatic carbocycles. The van der Waals surface area contributed by atoms with Crippen LogP contribution in [0.2, 0.25) is 5.02 Å². The van der Waals surface area contributed by atoms with Gasteiger partial charge in [0, 0.05) is 34.4 Å². The number of para-hydroxylation sites is 1. The largest absolute Gasteiger partial charge is 0.387 e. The van der Waals surface area contributed by atoms with Crippen molar-refractivity contribution in [2.24, 2.45) is 0 Å². The number of non-ortho nitro benzene ring substituents is 1. The molecule has 1 unspecified atom stereocenters. The summed E-state index contributed by atoms with van der Waals surface area (Å²) in [6.45, 7) is 2.03. The van der Waals surface area contributed by atoms with Crippen molar-refractivity contribution in [3.05, 3.63) is 74.9 Å². The van der Waals surface area contributed by atoms with Gasteiger partial charge in [-0.15, -0.1) is 0 Å². The monoisotopic (exact) mass is 357 g/mol. The van der Waals surface area contributed by atoms with E-state index in [-0.39, 0.29) is 12.2 Å². The van der Waals surface area contributed by atoms with Crippen molar-refractivity contribution in [1.29, 1.82) is 0 Å². The van der Waals surface area contributed by atoms with Crippen LogP contribution in [0.5, 0.6) is 0 Å². The molecule has 0 fully saturated rings. The Morgan fingerprint density at radius 2 is 2.00 bits per heavy atom. The SMILES string of the molecule is Cc1cc(NCC(O)c2ccc(Cl)cc2)c2cccc([N+](=O)[O-])c2n1. The molecule has 1 aromatic heterocycles. The molecule has 7 heteroatoms. The van der Waals surface area contributed by atoms with Crippen molar-refractivity contribution in [1.82, 2.24) is 4.98 Å². The van der Waals surface area contributed by atoms with Crippen LogP contribution in [0.25, 0.3) is 10.9 Å². The van der Waals surface area contributed by atoms with E-state index in [1.807, 2.05) is 0 Å². The smallest absolute Gasteiger partial charge is 0.295 e. The topological polar surface area (TPSA) is 88.3 Å². The molecule has 2 N–H and O–H groups in total. The number of nitro benzene ring substituents is 1. The molecule has 1 heterocycles. The molecule has 2 aromatic carbocycles. The number of aryl methyl sites for hydroxylation is 1. The fourth-order valence-corrected chi connectivity index (χ4v) is 2.79. The Balaban J connectivity index is 1.89. The maximum absolute atomic E-state index is 11.2. The number of nitrogens with zero attached hydrogens (tertiary/aromatic N) is 2. The van der Waals surface area contributed by atoms with E-state index in [2.05, 4.69) is 10.3 Å². The summed E-state index contributed by atoms with van der Waals surface area (Å²) in [5.74, 6) is 0. The Morgan fingerprint density at radius 1 is 1.28 bits per heavy atom. The Morgan fingerprint density at radius 3 is 2.68 bits per heavy atom. The fraction of sp³-hybridized carbons (Fsp3) is 0.167. The van der Waals surface area contributed by atoms with Crippen molar-refractivity contribution in [3.8, 4) is 0 Å². The van der Waals surface area contributed by atoms with E-state index >= 15 is 0 Å². The normalized spacial score (nSPS) is 12.1. The second kappa shape index (κ2) is 7.04. The highest BCUT2D eigenvalue weighted by atomic mass is 35.5. The van der Waals surface area contributed by atoms with E-state index in [4.69, 9.17) is 11.6 Å². The molecule has 25 heavy (non-hydrogen) atoms. The number of fused-ring (bicyclic) bond motifs is 1. The lowest BCUT2D eigenvalue weighted by atomic mass is 10.1. The molecule has 1 atom stereocenters. The Hall–Kier alpha value is -2.70. The van der Waals surface area contributed by atoms with Gasteiger partial charge in [-0.1, -0.05) is 35.9 Å². The van der Waals surface area contributed by atoms with Crippen molar-refractivity contribution in [2.45, 2.75) is 13.0 Å². The van der Waals surface area contributed by atoms with E-state index in [1.165, 1.54) is 6.07 Å². The molecule has 0 bridgehead atoms. The number of rotatable bonds is 5. The predicted octanol–water partition coefficient (Wildman–Crippen LogP) is 4.25. The molecule has 0 amide bonds. The van der Waals surface area contributed by atoms with Crippen LogP contribution in [0.3, 0.4) is 0 Å². The summed E-state index contributed by atoms with van der Waals surface area (Å²) in [7, 11) is 0. The van der Waals surface area contributed by atoms with Gasteiger partial charge in [0.15, 0.2) is 5.52 Å². The summed E-state index contributed by atoms with van der Waals surface area (Å²) in [5, 5.41) is 25.9. The van der Waals surface area contributed by atoms with Crippen molar-refractivity contribution >= 4 is 33.9 Å². The highest BCUT2D eigenvalue weighted by Crippen LogP contribution is 2.30. The first-order chi connectivity index (χ1) is 12.0. The lowest BCUT2D eigenvalue weighted by Crippen LogP contribution is -2.12. The number of nitrogens with one attached hydrogen (secondary N) is 1. The average Bonchev–Trinajstić information content (AvgIpc) is 2.59.